The molecule has 0 saturated carbocycles. The molecule has 3 aliphatic heterocycles. The monoisotopic (exact) mass is 769 g/mol. The molecule has 3 aromatic rings. The molecular weight excluding hydrogens is 727 g/mol. The van der Waals surface area contributed by atoms with E-state index >= 15 is 0 Å². The van der Waals surface area contributed by atoms with Gasteiger partial charge >= 0.3 is 18.3 Å². The average molecular weight is 770 g/mol. The number of likely N-dealkylation sites (tertiary alicyclic amines) is 2. The number of anilines is 1. The molecule has 294 valence electrons. The van der Waals surface area contributed by atoms with Gasteiger partial charge in [-0.3, -0.25) is 14.3 Å². The van der Waals surface area contributed by atoms with Crippen LogP contribution in [0.2, 0.25) is 0 Å². The number of aromatic carboxylic acids is 1. The third-order valence-electron chi connectivity index (χ3n) is 10.4. The van der Waals surface area contributed by atoms with Crippen LogP contribution in [0, 0.1) is 22.6 Å². The van der Waals surface area contributed by atoms with Gasteiger partial charge in [-0.25, -0.2) is 9.18 Å². The lowest BCUT2D eigenvalue weighted by Crippen LogP contribution is -2.63. The summed E-state index contributed by atoms with van der Waals surface area (Å²) in [6.45, 7) is 4.04. The van der Waals surface area contributed by atoms with E-state index in [0.29, 0.717) is 42.9 Å². The van der Waals surface area contributed by atoms with Gasteiger partial charge in [-0.15, -0.1) is 0 Å². The summed E-state index contributed by atoms with van der Waals surface area (Å²) in [5.74, 6) is -3.86. The number of alkyl halides is 6. The van der Waals surface area contributed by atoms with E-state index in [1.807, 2.05) is 0 Å². The summed E-state index contributed by atoms with van der Waals surface area (Å²) < 4.78 is 97.2. The van der Waals surface area contributed by atoms with Gasteiger partial charge in [0, 0.05) is 58.0 Å². The lowest BCUT2D eigenvalue weighted by atomic mass is 9.77. The largest absolute Gasteiger partial charge is 0.478 e. The van der Waals surface area contributed by atoms with E-state index in [9.17, 15) is 50.2 Å². The van der Waals surface area contributed by atoms with E-state index in [0.717, 1.165) is 19.4 Å². The molecule has 6 rings (SSSR count). The highest BCUT2D eigenvalue weighted by Crippen LogP contribution is 2.45. The molecule has 2 aromatic carbocycles. The van der Waals surface area contributed by atoms with Crippen molar-refractivity contribution in [1.29, 1.82) is 0 Å². The fourth-order valence-electron chi connectivity index (χ4n) is 7.13. The molecular formula is C37H42F7N5O5. The number of rotatable bonds is 8. The van der Waals surface area contributed by atoms with Crippen molar-refractivity contribution >= 4 is 23.5 Å². The van der Waals surface area contributed by atoms with Crippen molar-refractivity contribution in [3.63, 3.8) is 0 Å². The molecule has 10 nitrogen and oxygen atoms in total. The molecule has 0 bridgehead atoms. The first kappa shape index (κ1) is 40.5. The Morgan fingerprint density at radius 1 is 0.926 bits per heavy atom. The predicted octanol–water partition coefficient (Wildman–Crippen LogP) is 6.64. The summed E-state index contributed by atoms with van der Waals surface area (Å²) in [4.78, 5) is 41.4. The molecule has 0 aliphatic carbocycles. The van der Waals surface area contributed by atoms with Gasteiger partial charge in [0.15, 0.2) is 0 Å². The Morgan fingerprint density at radius 3 is 2.13 bits per heavy atom. The van der Waals surface area contributed by atoms with Gasteiger partial charge < -0.3 is 24.5 Å². The number of hydrogen-bond donors (Lipinski definition) is 1. The SMILES string of the molecule is CC(C)(C(=O)N1CC2(CCN(C(=O)c3cnn(Cc4ccc(F)cc4)c3)C2)C1)C(F)(F)F.COCc1cccc(N2CCC(C(F)(F)F)CC2)c1C(=O)O. The number of carboxylic acid groups (broad SMARTS) is 1. The molecule has 3 aliphatic rings. The Balaban J connectivity index is 0.000000223. The predicted molar refractivity (Wildman–Crippen MR) is 182 cm³/mol. The summed E-state index contributed by atoms with van der Waals surface area (Å²) >= 11 is 0. The summed E-state index contributed by atoms with van der Waals surface area (Å²) in [5, 5.41) is 13.6. The maximum Gasteiger partial charge on any atom is 0.402 e. The zero-order chi connectivity index (χ0) is 39.6. The van der Waals surface area contributed by atoms with Crippen LogP contribution in [0.1, 0.15) is 65.0 Å². The van der Waals surface area contributed by atoms with Crippen LogP contribution >= 0.6 is 0 Å². The van der Waals surface area contributed by atoms with Crippen LogP contribution in [0.15, 0.2) is 54.9 Å². The number of methoxy groups -OCH3 is 1. The van der Waals surface area contributed by atoms with E-state index in [2.05, 4.69) is 5.10 Å². The number of benzene rings is 2. The normalized spacial score (nSPS) is 17.6. The van der Waals surface area contributed by atoms with Crippen LogP contribution in [0.4, 0.5) is 36.4 Å². The molecule has 3 fully saturated rings. The van der Waals surface area contributed by atoms with Gasteiger partial charge in [0.25, 0.3) is 5.91 Å². The molecule has 2 amide bonds. The van der Waals surface area contributed by atoms with Crippen molar-refractivity contribution in [2.45, 2.75) is 58.6 Å². The molecule has 4 heterocycles. The number of carboxylic acids is 1. The van der Waals surface area contributed by atoms with Crippen LogP contribution in [0.25, 0.3) is 0 Å². The first-order valence-electron chi connectivity index (χ1n) is 17.3. The number of ether oxygens (including phenoxy) is 1. The average Bonchev–Trinajstić information content (AvgIpc) is 3.76. The summed E-state index contributed by atoms with van der Waals surface area (Å²) in [7, 11) is 1.47. The Bertz CT molecular complexity index is 1810. The quantitative estimate of drug-likeness (QED) is 0.256. The van der Waals surface area contributed by atoms with Gasteiger partial charge in [0.2, 0.25) is 5.91 Å². The van der Waals surface area contributed by atoms with E-state index in [-0.39, 0.29) is 68.3 Å². The Hall–Kier alpha value is -4.67. The number of nitrogens with zero attached hydrogens (tertiary/aromatic N) is 5. The van der Waals surface area contributed by atoms with Gasteiger partial charge in [-0.1, -0.05) is 24.3 Å². The zero-order valence-electron chi connectivity index (χ0n) is 30.0. The Kier molecular flexibility index (Phi) is 11.7. The first-order valence-corrected chi connectivity index (χ1v) is 17.3. The molecule has 0 radical (unpaired) electrons. The number of aromatic nitrogens is 2. The number of carbonyl (C=O) groups excluding carboxylic acids is 2. The fraction of sp³-hybridized carbons (Fsp3) is 0.514. The molecule has 1 spiro atoms. The van der Waals surface area contributed by atoms with E-state index < -0.39 is 35.6 Å². The fourth-order valence-corrected chi connectivity index (χ4v) is 7.13. The Morgan fingerprint density at radius 2 is 1.56 bits per heavy atom. The smallest absolute Gasteiger partial charge is 0.402 e. The van der Waals surface area contributed by atoms with Gasteiger partial charge in [0.05, 0.1) is 42.1 Å². The maximum atomic E-state index is 13.2. The van der Waals surface area contributed by atoms with Crippen molar-refractivity contribution in [3.05, 3.63) is 82.9 Å². The third kappa shape index (κ3) is 8.82. The van der Waals surface area contributed by atoms with Crippen molar-refractivity contribution in [3.8, 4) is 0 Å². The number of amides is 2. The molecule has 0 unspecified atom stereocenters. The van der Waals surface area contributed by atoms with Crippen molar-refractivity contribution in [2.75, 3.05) is 51.3 Å². The van der Waals surface area contributed by atoms with Gasteiger partial charge in [-0.2, -0.15) is 31.4 Å². The molecule has 1 N–H and O–H groups in total. The number of carbonyl (C=O) groups is 3. The van der Waals surface area contributed by atoms with Gasteiger partial charge in [0.1, 0.15) is 11.2 Å². The first-order chi connectivity index (χ1) is 25.2. The van der Waals surface area contributed by atoms with E-state index in [4.69, 9.17) is 4.74 Å². The lowest BCUT2D eigenvalue weighted by molar-refractivity contribution is -0.222. The Labute approximate surface area is 307 Å². The van der Waals surface area contributed by atoms with Crippen LogP contribution in [0.5, 0.6) is 0 Å². The highest BCUT2D eigenvalue weighted by Gasteiger charge is 2.59. The number of hydrogen-bond acceptors (Lipinski definition) is 6. The standard InChI is InChI=1S/C22H24F4N4O2.C15H18F3NO3/c1-20(2,22(24,25)26)19(32)29-13-21(14-29)7-8-28(12-21)18(31)16-9-27-30(11-16)10-15-3-5-17(23)6-4-15;1-22-9-10-3-2-4-12(13(10)14(20)21)19-7-5-11(6-8-19)15(16,17)18/h3-6,9,11H,7-8,10,12-14H2,1-2H3;2-4,11H,5-9H2,1H3,(H,20,21). The topological polar surface area (TPSA) is 108 Å². The third-order valence-corrected chi connectivity index (χ3v) is 10.4. The summed E-state index contributed by atoms with van der Waals surface area (Å²) in [5.41, 5.74) is -0.439. The molecule has 54 heavy (non-hydrogen) atoms. The van der Waals surface area contributed by atoms with E-state index in [1.54, 1.807) is 51.0 Å². The van der Waals surface area contributed by atoms with Crippen molar-refractivity contribution in [2.24, 2.45) is 16.7 Å². The van der Waals surface area contributed by atoms with Crippen molar-refractivity contribution in [1.82, 2.24) is 19.6 Å². The van der Waals surface area contributed by atoms with Crippen LogP contribution in [-0.4, -0.2) is 101 Å². The molecule has 17 heteroatoms. The minimum atomic E-state index is -4.61. The molecule has 1 aromatic heterocycles. The second-order valence-corrected chi connectivity index (χ2v) is 14.7. The second-order valence-electron chi connectivity index (χ2n) is 14.7. The van der Waals surface area contributed by atoms with Gasteiger partial charge in [-0.05, 0) is 62.4 Å². The van der Waals surface area contributed by atoms with Crippen LogP contribution in [0.3, 0.4) is 0 Å². The maximum absolute atomic E-state index is 13.2. The minimum Gasteiger partial charge on any atom is -0.478 e. The number of halogens is 7. The number of piperidine rings is 1. The van der Waals surface area contributed by atoms with Crippen LogP contribution in [-0.2, 0) is 22.7 Å². The summed E-state index contributed by atoms with van der Waals surface area (Å²) in [6.07, 6.45) is -5.09. The van der Waals surface area contributed by atoms with Crippen molar-refractivity contribution < 1.29 is 55.0 Å². The lowest BCUT2D eigenvalue weighted by Gasteiger charge is -2.50. The highest BCUT2D eigenvalue weighted by atomic mass is 19.4. The zero-order valence-corrected chi connectivity index (χ0v) is 30.0. The van der Waals surface area contributed by atoms with Crippen LogP contribution < -0.4 is 4.90 Å². The molecule has 3 saturated heterocycles. The molecule has 0 atom stereocenters. The minimum absolute atomic E-state index is 0.0168. The summed E-state index contributed by atoms with van der Waals surface area (Å²) in [6, 6.07) is 11.0. The second kappa shape index (κ2) is 15.6. The highest BCUT2D eigenvalue weighted by molar-refractivity contribution is 5.96. The van der Waals surface area contributed by atoms with E-state index in [1.165, 1.54) is 30.3 Å².